The second kappa shape index (κ2) is 5.73. The average molecular weight is 340 g/mol. The molecule has 0 bridgehead atoms. The molecule has 5 nitrogen and oxygen atoms in total. The van der Waals surface area contributed by atoms with E-state index in [1.165, 1.54) is 6.07 Å². The molecule has 0 saturated carbocycles. The van der Waals surface area contributed by atoms with Gasteiger partial charge in [0.1, 0.15) is 17.3 Å². The van der Waals surface area contributed by atoms with Crippen molar-refractivity contribution in [1.29, 1.82) is 0 Å². The molecular weight excluding hydrogens is 322 g/mol. The van der Waals surface area contributed by atoms with Gasteiger partial charge < -0.3 is 9.52 Å². The minimum Gasteiger partial charge on any atom is -0.450 e. The summed E-state index contributed by atoms with van der Waals surface area (Å²) in [5.74, 6) is 0.206. The Labute approximate surface area is 116 Å². The summed E-state index contributed by atoms with van der Waals surface area (Å²) in [5, 5.41) is 8.94. The number of hydrogen-bond donors (Lipinski definition) is 2. The van der Waals surface area contributed by atoms with Crippen molar-refractivity contribution >= 4 is 26.0 Å². The van der Waals surface area contributed by atoms with Crippen LogP contribution in [0.4, 0.5) is 0 Å². The Bertz CT molecular complexity index is 505. The Morgan fingerprint density at radius 1 is 1.44 bits per heavy atom. The number of halogens is 1. The second-order valence-electron chi connectivity index (χ2n) is 4.38. The van der Waals surface area contributed by atoms with E-state index >= 15 is 0 Å². The van der Waals surface area contributed by atoms with E-state index in [2.05, 4.69) is 20.7 Å². The van der Waals surface area contributed by atoms with Crippen LogP contribution in [0.25, 0.3) is 0 Å². The van der Waals surface area contributed by atoms with Gasteiger partial charge in [-0.25, -0.2) is 13.1 Å². The van der Waals surface area contributed by atoms with E-state index in [4.69, 9.17) is 9.52 Å². The first kappa shape index (κ1) is 15.7. The molecule has 0 atom stereocenters. The van der Waals surface area contributed by atoms with Gasteiger partial charge in [-0.1, -0.05) is 13.8 Å². The molecule has 0 spiro atoms. The Hall–Kier alpha value is -0.370. The summed E-state index contributed by atoms with van der Waals surface area (Å²) in [6, 6.07) is 1.32. The zero-order chi connectivity index (χ0) is 14.0. The van der Waals surface area contributed by atoms with E-state index in [1.54, 1.807) is 0 Å². The van der Waals surface area contributed by atoms with E-state index in [0.29, 0.717) is 12.8 Å². The number of furan rings is 1. The van der Waals surface area contributed by atoms with E-state index in [9.17, 15) is 8.42 Å². The van der Waals surface area contributed by atoms with Crippen LogP contribution >= 0.6 is 15.9 Å². The first-order valence-corrected chi connectivity index (χ1v) is 7.98. The smallest absolute Gasteiger partial charge is 0.245 e. The van der Waals surface area contributed by atoms with Crippen LogP contribution in [0.5, 0.6) is 0 Å². The molecule has 0 aliphatic rings. The molecule has 0 unspecified atom stereocenters. The molecule has 0 aromatic carbocycles. The van der Waals surface area contributed by atoms with E-state index < -0.39 is 15.6 Å². The van der Waals surface area contributed by atoms with Crippen LogP contribution in [-0.2, 0) is 16.6 Å². The minimum absolute atomic E-state index is 0.0136. The molecule has 2 N–H and O–H groups in total. The molecule has 0 saturated heterocycles. The van der Waals surface area contributed by atoms with Gasteiger partial charge in [-0.15, -0.1) is 0 Å². The summed E-state index contributed by atoms with van der Waals surface area (Å²) in [4.78, 5) is 0.0136. The Morgan fingerprint density at radius 2 is 2.00 bits per heavy atom. The van der Waals surface area contributed by atoms with Crippen LogP contribution in [0.2, 0.25) is 0 Å². The monoisotopic (exact) mass is 339 g/mol. The lowest BCUT2D eigenvalue weighted by molar-refractivity contribution is 0.245. The number of aliphatic hydroxyl groups excluding tert-OH is 1. The standard InChI is InChI=1S/C11H18BrNO4S/c1-4-11(3,5-2)13-18(15,16)9-6-8(7-14)17-10(9)12/h6,13-14H,4-5,7H2,1-3H3. The maximum atomic E-state index is 12.2. The highest BCUT2D eigenvalue weighted by Crippen LogP contribution is 2.28. The summed E-state index contributed by atoms with van der Waals surface area (Å²) in [5.41, 5.74) is -0.491. The van der Waals surface area contributed by atoms with Crippen molar-refractivity contribution in [3.05, 3.63) is 16.5 Å². The maximum absolute atomic E-state index is 12.2. The highest BCUT2D eigenvalue weighted by atomic mass is 79.9. The van der Waals surface area contributed by atoms with Crippen LogP contribution < -0.4 is 4.72 Å². The van der Waals surface area contributed by atoms with Crippen LogP contribution in [-0.4, -0.2) is 19.1 Å². The minimum atomic E-state index is -3.66. The van der Waals surface area contributed by atoms with Gasteiger partial charge >= 0.3 is 0 Å². The number of nitrogens with one attached hydrogen (secondary N) is 1. The lowest BCUT2D eigenvalue weighted by atomic mass is 9.98. The highest BCUT2D eigenvalue weighted by molar-refractivity contribution is 9.10. The molecule has 104 valence electrons. The fourth-order valence-corrected chi connectivity index (χ4v) is 3.98. The molecule has 0 fully saturated rings. The Balaban J connectivity index is 3.10. The zero-order valence-corrected chi connectivity index (χ0v) is 13.1. The van der Waals surface area contributed by atoms with Gasteiger partial charge in [-0.3, -0.25) is 0 Å². The van der Waals surface area contributed by atoms with Crippen molar-refractivity contribution in [1.82, 2.24) is 4.72 Å². The quantitative estimate of drug-likeness (QED) is 0.833. The van der Waals surface area contributed by atoms with Crippen molar-refractivity contribution in [2.45, 2.75) is 50.7 Å². The van der Waals surface area contributed by atoms with Gasteiger partial charge in [-0.2, -0.15) is 0 Å². The topological polar surface area (TPSA) is 79.5 Å². The molecule has 1 heterocycles. The van der Waals surface area contributed by atoms with Crippen molar-refractivity contribution in [3.8, 4) is 0 Å². The third kappa shape index (κ3) is 3.34. The maximum Gasteiger partial charge on any atom is 0.245 e. The first-order valence-electron chi connectivity index (χ1n) is 5.71. The van der Waals surface area contributed by atoms with Gasteiger partial charge in [0.15, 0.2) is 4.67 Å². The zero-order valence-electron chi connectivity index (χ0n) is 10.7. The van der Waals surface area contributed by atoms with Gasteiger partial charge in [0.25, 0.3) is 0 Å². The van der Waals surface area contributed by atoms with Gasteiger partial charge in [0, 0.05) is 11.6 Å². The molecule has 0 aliphatic heterocycles. The van der Waals surface area contributed by atoms with Gasteiger partial charge in [0.05, 0.1) is 0 Å². The van der Waals surface area contributed by atoms with Crippen molar-refractivity contribution in [2.75, 3.05) is 0 Å². The van der Waals surface area contributed by atoms with E-state index in [-0.39, 0.29) is 21.9 Å². The summed E-state index contributed by atoms with van der Waals surface area (Å²) >= 11 is 3.05. The van der Waals surface area contributed by atoms with Crippen LogP contribution in [0.1, 0.15) is 39.4 Å². The Morgan fingerprint density at radius 3 is 2.39 bits per heavy atom. The normalized spacial score (nSPS) is 12.9. The third-order valence-electron chi connectivity index (χ3n) is 3.09. The fraction of sp³-hybridized carbons (Fsp3) is 0.636. The van der Waals surface area contributed by atoms with Crippen LogP contribution in [0.15, 0.2) is 20.0 Å². The van der Waals surface area contributed by atoms with Crippen LogP contribution in [0.3, 0.4) is 0 Å². The average Bonchev–Trinajstić information content (AvgIpc) is 2.70. The first-order chi connectivity index (χ1) is 8.28. The third-order valence-corrected chi connectivity index (χ3v) is 5.59. The molecular formula is C11H18BrNO4S. The fourth-order valence-electron chi connectivity index (χ4n) is 1.43. The second-order valence-corrected chi connectivity index (χ2v) is 6.75. The summed E-state index contributed by atoms with van der Waals surface area (Å²) in [6.45, 7) is 5.36. The molecule has 0 amide bonds. The van der Waals surface area contributed by atoms with Gasteiger partial charge in [0.2, 0.25) is 10.0 Å². The van der Waals surface area contributed by atoms with Gasteiger partial charge in [-0.05, 0) is 35.7 Å². The molecule has 0 radical (unpaired) electrons. The Kier molecular flexibility index (Phi) is 4.99. The summed E-state index contributed by atoms with van der Waals surface area (Å²) < 4.78 is 32.3. The van der Waals surface area contributed by atoms with Crippen molar-refractivity contribution < 1.29 is 17.9 Å². The van der Waals surface area contributed by atoms with Crippen LogP contribution in [0, 0.1) is 0 Å². The summed E-state index contributed by atoms with van der Waals surface area (Å²) in [6.07, 6.45) is 1.37. The predicted molar refractivity (Wildman–Crippen MR) is 71.6 cm³/mol. The van der Waals surface area contributed by atoms with E-state index in [1.807, 2.05) is 20.8 Å². The lowest BCUT2D eigenvalue weighted by Crippen LogP contribution is -2.44. The SMILES string of the molecule is CCC(C)(CC)NS(=O)(=O)c1cc(CO)oc1Br. The molecule has 0 aliphatic carbocycles. The van der Waals surface area contributed by atoms with Crippen molar-refractivity contribution in [3.63, 3.8) is 0 Å². The number of sulfonamides is 1. The number of aliphatic hydroxyl groups is 1. The highest BCUT2D eigenvalue weighted by Gasteiger charge is 2.30. The lowest BCUT2D eigenvalue weighted by Gasteiger charge is -2.27. The predicted octanol–water partition coefficient (Wildman–Crippen LogP) is 2.39. The molecule has 1 rings (SSSR count). The number of hydrogen-bond acceptors (Lipinski definition) is 4. The largest absolute Gasteiger partial charge is 0.450 e. The molecule has 1 aromatic heterocycles. The molecule has 18 heavy (non-hydrogen) atoms. The number of rotatable bonds is 6. The van der Waals surface area contributed by atoms with Crippen molar-refractivity contribution in [2.24, 2.45) is 0 Å². The molecule has 7 heteroatoms. The molecule has 1 aromatic rings. The summed E-state index contributed by atoms with van der Waals surface area (Å²) in [7, 11) is -3.66. The van der Waals surface area contributed by atoms with E-state index in [0.717, 1.165) is 0 Å².